The molecule has 0 atom stereocenters. The molecule has 7 nitrogen and oxygen atoms in total. The van der Waals surface area contributed by atoms with Gasteiger partial charge in [-0.05, 0) is 30.3 Å². The van der Waals surface area contributed by atoms with Gasteiger partial charge in [0.15, 0.2) is 0 Å². The lowest BCUT2D eigenvalue weighted by Gasteiger charge is -2.13. The Balaban J connectivity index is 2.19. The van der Waals surface area contributed by atoms with Crippen molar-refractivity contribution < 1.29 is 14.3 Å². The Morgan fingerprint density at radius 1 is 1.07 bits per heavy atom. The fourth-order valence-corrected chi connectivity index (χ4v) is 2.71. The summed E-state index contributed by atoms with van der Waals surface area (Å²) in [4.78, 5) is 12.8. The van der Waals surface area contributed by atoms with E-state index < -0.39 is 0 Å². The molecule has 0 spiro atoms. The van der Waals surface area contributed by atoms with E-state index in [1.54, 1.807) is 56.3 Å². The molecule has 1 N–H and O–H groups in total. The molecule has 1 amide bonds. The number of hydrogen-bond donors (Lipinski definition) is 1. The summed E-state index contributed by atoms with van der Waals surface area (Å²) in [7, 11) is 6.68. The average Bonchev–Trinajstić information content (AvgIpc) is 3.13. The number of carbonyl (C=O) groups is 1. The predicted octanol–water partition coefficient (Wildman–Crippen LogP) is 2.76. The number of ether oxygens (including phenoxy) is 2. The Morgan fingerprint density at radius 2 is 1.81 bits per heavy atom. The molecule has 0 aliphatic rings. The number of para-hydroxylation sites is 1. The van der Waals surface area contributed by atoms with E-state index in [0.717, 1.165) is 5.69 Å². The average molecular weight is 366 g/mol. The molecule has 0 saturated heterocycles. The van der Waals surface area contributed by atoms with Crippen LogP contribution in [0.25, 0.3) is 16.9 Å². The minimum absolute atomic E-state index is 0.262. The SMILES string of the molecule is COc1ccc(OC)c(-c2nn(-c3ccccc3)cc2C(=O)NN(C)C)c1. The topological polar surface area (TPSA) is 68.6 Å². The maximum atomic E-state index is 12.8. The van der Waals surface area contributed by atoms with E-state index in [1.807, 2.05) is 36.4 Å². The number of aromatic nitrogens is 2. The van der Waals surface area contributed by atoms with Gasteiger partial charge >= 0.3 is 0 Å². The molecular formula is C20H22N4O3. The summed E-state index contributed by atoms with van der Waals surface area (Å²) < 4.78 is 12.5. The first kappa shape index (κ1) is 18.5. The molecule has 0 saturated carbocycles. The summed E-state index contributed by atoms with van der Waals surface area (Å²) in [5, 5.41) is 6.26. The van der Waals surface area contributed by atoms with E-state index in [1.165, 1.54) is 0 Å². The van der Waals surface area contributed by atoms with Crippen molar-refractivity contribution in [1.82, 2.24) is 20.2 Å². The van der Waals surface area contributed by atoms with Gasteiger partial charge in [0.2, 0.25) is 0 Å². The zero-order chi connectivity index (χ0) is 19.4. The number of rotatable bonds is 6. The van der Waals surface area contributed by atoms with Crippen LogP contribution in [0.2, 0.25) is 0 Å². The highest BCUT2D eigenvalue weighted by Crippen LogP contribution is 2.35. The minimum Gasteiger partial charge on any atom is -0.497 e. The zero-order valence-corrected chi connectivity index (χ0v) is 15.8. The number of nitrogens with zero attached hydrogens (tertiary/aromatic N) is 3. The van der Waals surface area contributed by atoms with Crippen LogP contribution in [0.5, 0.6) is 11.5 Å². The van der Waals surface area contributed by atoms with Crippen LogP contribution in [-0.4, -0.2) is 49.0 Å². The molecule has 3 rings (SSSR count). The largest absolute Gasteiger partial charge is 0.497 e. The van der Waals surface area contributed by atoms with Crippen molar-refractivity contribution in [3.63, 3.8) is 0 Å². The van der Waals surface area contributed by atoms with Crippen molar-refractivity contribution in [2.45, 2.75) is 0 Å². The van der Waals surface area contributed by atoms with Crippen LogP contribution < -0.4 is 14.9 Å². The Bertz CT molecular complexity index is 936. The first-order chi connectivity index (χ1) is 13.0. The van der Waals surface area contributed by atoms with Gasteiger partial charge in [0, 0.05) is 25.9 Å². The Kier molecular flexibility index (Phi) is 5.42. The summed E-state index contributed by atoms with van der Waals surface area (Å²) in [6.45, 7) is 0. The lowest BCUT2D eigenvalue weighted by molar-refractivity contribution is 0.0857. The second-order valence-electron chi connectivity index (χ2n) is 6.07. The van der Waals surface area contributed by atoms with Gasteiger partial charge in [0.25, 0.3) is 5.91 Å². The van der Waals surface area contributed by atoms with Crippen molar-refractivity contribution in [1.29, 1.82) is 0 Å². The van der Waals surface area contributed by atoms with Gasteiger partial charge in [-0.1, -0.05) is 18.2 Å². The molecule has 0 aliphatic heterocycles. The summed E-state index contributed by atoms with van der Waals surface area (Å²) in [6.07, 6.45) is 1.71. The summed E-state index contributed by atoms with van der Waals surface area (Å²) in [5.74, 6) is 0.995. The highest BCUT2D eigenvalue weighted by Gasteiger charge is 2.22. The molecule has 0 aliphatic carbocycles. The van der Waals surface area contributed by atoms with Crippen LogP contribution in [0.1, 0.15) is 10.4 Å². The number of amides is 1. The van der Waals surface area contributed by atoms with Crippen LogP contribution in [0.3, 0.4) is 0 Å². The Labute approximate surface area is 158 Å². The molecule has 0 bridgehead atoms. The van der Waals surface area contributed by atoms with Crippen LogP contribution in [0.4, 0.5) is 0 Å². The van der Waals surface area contributed by atoms with Crippen molar-refractivity contribution in [2.75, 3.05) is 28.3 Å². The van der Waals surface area contributed by atoms with E-state index in [0.29, 0.717) is 28.3 Å². The van der Waals surface area contributed by atoms with Crippen molar-refractivity contribution in [3.8, 4) is 28.4 Å². The molecule has 0 fully saturated rings. The molecule has 0 radical (unpaired) electrons. The van der Waals surface area contributed by atoms with Crippen molar-refractivity contribution in [3.05, 3.63) is 60.3 Å². The van der Waals surface area contributed by atoms with E-state index in [2.05, 4.69) is 10.5 Å². The fourth-order valence-electron chi connectivity index (χ4n) is 2.71. The highest BCUT2D eigenvalue weighted by molar-refractivity contribution is 6.00. The van der Waals surface area contributed by atoms with Gasteiger partial charge in [-0.2, -0.15) is 5.10 Å². The van der Waals surface area contributed by atoms with Crippen molar-refractivity contribution in [2.24, 2.45) is 0 Å². The van der Waals surface area contributed by atoms with Gasteiger partial charge in [-0.3, -0.25) is 10.2 Å². The Morgan fingerprint density at radius 3 is 2.44 bits per heavy atom. The third kappa shape index (κ3) is 3.93. The molecule has 7 heteroatoms. The third-order valence-electron chi connectivity index (χ3n) is 3.97. The first-order valence-electron chi connectivity index (χ1n) is 8.39. The first-order valence-corrected chi connectivity index (χ1v) is 8.39. The molecule has 2 aromatic carbocycles. The maximum Gasteiger partial charge on any atom is 0.269 e. The number of carbonyl (C=O) groups excluding carboxylic acids is 1. The zero-order valence-electron chi connectivity index (χ0n) is 15.8. The molecule has 140 valence electrons. The lowest BCUT2D eigenvalue weighted by atomic mass is 10.1. The molecule has 27 heavy (non-hydrogen) atoms. The van der Waals surface area contributed by atoms with Crippen LogP contribution in [-0.2, 0) is 0 Å². The number of methoxy groups -OCH3 is 2. The number of benzene rings is 2. The van der Waals surface area contributed by atoms with E-state index in [9.17, 15) is 4.79 Å². The van der Waals surface area contributed by atoms with Crippen LogP contribution >= 0.6 is 0 Å². The van der Waals surface area contributed by atoms with Gasteiger partial charge < -0.3 is 9.47 Å². The van der Waals surface area contributed by atoms with Gasteiger partial charge in [0.05, 0.1) is 25.5 Å². The minimum atomic E-state index is -0.262. The summed E-state index contributed by atoms with van der Waals surface area (Å²) >= 11 is 0. The molecule has 1 heterocycles. The Hall–Kier alpha value is -3.32. The summed E-state index contributed by atoms with van der Waals surface area (Å²) in [6, 6.07) is 15.0. The predicted molar refractivity (Wildman–Crippen MR) is 103 cm³/mol. The smallest absolute Gasteiger partial charge is 0.269 e. The normalized spacial score (nSPS) is 10.7. The highest BCUT2D eigenvalue weighted by atomic mass is 16.5. The number of hydrogen-bond acceptors (Lipinski definition) is 5. The molecule has 3 aromatic rings. The molecule has 0 unspecified atom stereocenters. The third-order valence-corrected chi connectivity index (χ3v) is 3.97. The molecular weight excluding hydrogens is 344 g/mol. The number of nitrogens with one attached hydrogen (secondary N) is 1. The second kappa shape index (κ2) is 7.92. The van der Waals surface area contributed by atoms with Gasteiger partial charge in [-0.15, -0.1) is 0 Å². The second-order valence-corrected chi connectivity index (χ2v) is 6.07. The monoisotopic (exact) mass is 366 g/mol. The van der Waals surface area contributed by atoms with Crippen LogP contribution in [0, 0.1) is 0 Å². The van der Waals surface area contributed by atoms with E-state index in [4.69, 9.17) is 9.47 Å². The fraction of sp³-hybridized carbons (Fsp3) is 0.200. The van der Waals surface area contributed by atoms with Gasteiger partial charge in [0.1, 0.15) is 17.2 Å². The van der Waals surface area contributed by atoms with Crippen molar-refractivity contribution >= 4 is 5.91 Å². The molecule has 1 aromatic heterocycles. The van der Waals surface area contributed by atoms with Gasteiger partial charge in [-0.25, -0.2) is 9.69 Å². The summed E-state index contributed by atoms with van der Waals surface area (Å²) in [5.41, 5.74) is 5.23. The lowest BCUT2D eigenvalue weighted by Crippen LogP contribution is -2.36. The number of hydrazine groups is 1. The maximum absolute atomic E-state index is 12.8. The van der Waals surface area contributed by atoms with Crippen LogP contribution in [0.15, 0.2) is 54.7 Å². The quantitative estimate of drug-likeness (QED) is 0.680. The standard InChI is InChI=1S/C20H22N4O3/c1-23(2)22-20(25)17-13-24(14-8-6-5-7-9-14)21-19(17)16-12-15(26-3)10-11-18(16)27-4/h5-13H,1-4H3,(H,22,25). The van der Waals surface area contributed by atoms with E-state index >= 15 is 0 Å². The van der Waals surface area contributed by atoms with E-state index in [-0.39, 0.29) is 5.91 Å².